The fraction of sp³-hybridized carbons (Fsp3) is 0.318. The van der Waals surface area contributed by atoms with Crippen molar-refractivity contribution in [2.24, 2.45) is 0 Å². The van der Waals surface area contributed by atoms with Gasteiger partial charge in [0.05, 0.1) is 4.90 Å². The Hall–Kier alpha value is -2.48. The second-order valence-corrected chi connectivity index (χ2v) is 9.36. The number of nitrogens with one attached hydrogen (secondary N) is 1. The minimum Gasteiger partial charge on any atom is -0.322 e. The molecule has 1 aliphatic heterocycles. The van der Waals surface area contributed by atoms with Crippen molar-refractivity contribution in [1.29, 1.82) is 0 Å². The molecule has 1 N–H and O–H groups in total. The standard InChI is InChI=1S/C22H27N3O3S/c1-17-7-8-19(18(2)15-17)9-10-22(26)23-20-5-4-6-21(16-20)29(27,28)25-13-11-24(3)12-14-25/h4-10,15-16H,11-14H2,1-3H3,(H,23,26)/b10-9+. The lowest BCUT2D eigenvalue weighted by molar-refractivity contribution is -0.111. The molecular formula is C22H27N3O3S. The van der Waals surface area contributed by atoms with E-state index in [1.165, 1.54) is 22.0 Å². The van der Waals surface area contributed by atoms with E-state index >= 15 is 0 Å². The van der Waals surface area contributed by atoms with Crippen molar-refractivity contribution in [2.45, 2.75) is 18.7 Å². The van der Waals surface area contributed by atoms with Gasteiger partial charge in [0.25, 0.3) is 0 Å². The van der Waals surface area contributed by atoms with Gasteiger partial charge >= 0.3 is 0 Å². The number of piperazine rings is 1. The number of nitrogens with zero attached hydrogens (tertiary/aromatic N) is 2. The van der Waals surface area contributed by atoms with Gasteiger partial charge in [-0.1, -0.05) is 29.8 Å². The Morgan fingerprint density at radius 2 is 1.76 bits per heavy atom. The summed E-state index contributed by atoms with van der Waals surface area (Å²) >= 11 is 0. The Bertz CT molecular complexity index is 1020. The van der Waals surface area contributed by atoms with Crippen LogP contribution < -0.4 is 5.32 Å². The van der Waals surface area contributed by atoms with Crippen molar-refractivity contribution in [2.75, 3.05) is 38.5 Å². The van der Waals surface area contributed by atoms with Gasteiger partial charge in [0.2, 0.25) is 15.9 Å². The highest BCUT2D eigenvalue weighted by atomic mass is 32.2. The summed E-state index contributed by atoms with van der Waals surface area (Å²) in [6.45, 7) is 6.37. The SMILES string of the molecule is Cc1ccc(/C=C/C(=O)Nc2cccc(S(=O)(=O)N3CCN(C)CC3)c2)c(C)c1. The molecular weight excluding hydrogens is 386 g/mol. The molecule has 29 heavy (non-hydrogen) atoms. The first-order valence-electron chi connectivity index (χ1n) is 9.61. The minimum absolute atomic E-state index is 0.193. The van der Waals surface area contributed by atoms with Crippen molar-refractivity contribution in [1.82, 2.24) is 9.21 Å². The highest BCUT2D eigenvalue weighted by molar-refractivity contribution is 7.89. The van der Waals surface area contributed by atoms with Crippen LogP contribution in [-0.2, 0) is 14.8 Å². The van der Waals surface area contributed by atoms with Crippen LogP contribution >= 0.6 is 0 Å². The lowest BCUT2D eigenvalue weighted by Crippen LogP contribution is -2.47. The van der Waals surface area contributed by atoms with Gasteiger partial charge in [-0.2, -0.15) is 4.31 Å². The highest BCUT2D eigenvalue weighted by Gasteiger charge is 2.27. The number of carbonyl (C=O) groups excluding carboxylic acids is 1. The van der Waals surface area contributed by atoms with Crippen LogP contribution in [-0.4, -0.2) is 56.8 Å². The molecule has 154 valence electrons. The van der Waals surface area contributed by atoms with Crippen molar-refractivity contribution < 1.29 is 13.2 Å². The Morgan fingerprint density at radius 3 is 2.45 bits per heavy atom. The predicted octanol–water partition coefficient (Wildman–Crippen LogP) is 2.89. The molecule has 1 aliphatic rings. The molecule has 6 nitrogen and oxygen atoms in total. The Labute approximate surface area is 172 Å². The van der Waals surface area contributed by atoms with E-state index in [2.05, 4.69) is 16.3 Å². The van der Waals surface area contributed by atoms with Crippen molar-refractivity contribution in [3.63, 3.8) is 0 Å². The average Bonchev–Trinajstić information content (AvgIpc) is 2.68. The molecule has 0 bridgehead atoms. The van der Waals surface area contributed by atoms with Crippen molar-refractivity contribution >= 4 is 27.7 Å². The molecule has 1 amide bonds. The third-order valence-corrected chi connectivity index (χ3v) is 6.94. The molecule has 0 aliphatic carbocycles. The first-order chi connectivity index (χ1) is 13.8. The fourth-order valence-corrected chi connectivity index (χ4v) is 4.74. The van der Waals surface area contributed by atoms with Gasteiger partial charge < -0.3 is 10.2 Å². The van der Waals surface area contributed by atoms with Gasteiger partial charge in [0.15, 0.2) is 0 Å². The number of benzene rings is 2. The maximum absolute atomic E-state index is 12.9. The number of likely N-dealkylation sites (N-methyl/N-ethyl adjacent to an activating group) is 1. The lowest BCUT2D eigenvalue weighted by atomic mass is 10.1. The van der Waals surface area contributed by atoms with Crippen LogP contribution in [0.25, 0.3) is 6.08 Å². The number of hydrogen-bond donors (Lipinski definition) is 1. The predicted molar refractivity (Wildman–Crippen MR) is 116 cm³/mol. The quantitative estimate of drug-likeness (QED) is 0.766. The van der Waals surface area contributed by atoms with E-state index in [0.29, 0.717) is 31.9 Å². The molecule has 1 heterocycles. The van der Waals surface area contributed by atoms with Crippen LogP contribution in [0.1, 0.15) is 16.7 Å². The van der Waals surface area contributed by atoms with Gasteiger partial charge in [-0.3, -0.25) is 4.79 Å². The number of anilines is 1. The van der Waals surface area contributed by atoms with E-state index in [0.717, 1.165) is 11.1 Å². The maximum Gasteiger partial charge on any atom is 0.248 e. The molecule has 2 aromatic rings. The molecule has 0 radical (unpaired) electrons. The summed E-state index contributed by atoms with van der Waals surface area (Å²) in [6, 6.07) is 12.4. The van der Waals surface area contributed by atoms with Crippen molar-refractivity contribution in [3.05, 3.63) is 65.2 Å². The van der Waals surface area contributed by atoms with Crippen LogP contribution in [0.4, 0.5) is 5.69 Å². The number of amides is 1. The topological polar surface area (TPSA) is 69.7 Å². The Morgan fingerprint density at radius 1 is 1.03 bits per heavy atom. The molecule has 7 heteroatoms. The summed E-state index contributed by atoms with van der Waals surface area (Å²) in [7, 11) is -1.59. The van der Waals surface area contributed by atoms with Crippen LogP contribution in [0, 0.1) is 13.8 Å². The van der Waals surface area contributed by atoms with Gasteiger partial charge in [-0.25, -0.2) is 8.42 Å². The van der Waals surface area contributed by atoms with Crippen LogP contribution in [0.15, 0.2) is 53.4 Å². The van der Waals surface area contributed by atoms with Gasteiger partial charge in [-0.05, 0) is 56.3 Å². The van der Waals surface area contributed by atoms with E-state index in [1.807, 2.05) is 33.0 Å². The van der Waals surface area contributed by atoms with E-state index in [9.17, 15) is 13.2 Å². The number of hydrogen-bond acceptors (Lipinski definition) is 4. The molecule has 3 rings (SSSR count). The molecule has 1 fully saturated rings. The van der Waals surface area contributed by atoms with Crippen LogP contribution in [0.3, 0.4) is 0 Å². The maximum atomic E-state index is 12.9. The first-order valence-corrected chi connectivity index (χ1v) is 11.0. The first kappa shape index (κ1) is 21.2. The van der Waals surface area contributed by atoms with E-state index in [4.69, 9.17) is 0 Å². The normalized spacial score (nSPS) is 16.2. The van der Waals surface area contributed by atoms with Crippen molar-refractivity contribution in [3.8, 4) is 0 Å². The molecule has 0 spiro atoms. The molecule has 0 aromatic heterocycles. The molecule has 1 saturated heterocycles. The molecule has 0 atom stereocenters. The summed E-state index contributed by atoms with van der Waals surface area (Å²) in [5, 5.41) is 2.75. The monoisotopic (exact) mass is 413 g/mol. The fourth-order valence-electron chi connectivity index (χ4n) is 3.27. The minimum atomic E-state index is -3.57. The van der Waals surface area contributed by atoms with Crippen LogP contribution in [0.2, 0.25) is 0 Å². The second kappa shape index (κ2) is 8.90. The molecule has 0 unspecified atom stereocenters. The zero-order chi connectivity index (χ0) is 21.0. The lowest BCUT2D eigenvalue weighted by Gasteiger charge is -2.31. The van der Waals surface area contributed by atoms with Gasteiger partial charge in [-0.15, -0.1) is 0 Å². The Balaban J connectivity index is 1.70. The number of aryl methyl sites for hydroxylation is 2. The van der Waals surface area contributed by atoms with E-state index < -0.39 is 10.0 Å². The van der Waals surface area contributed by atoms with Gasteiger partial charge in [0, 0.05) is 37.9 Å². The van der Waals surface area contributed by atoms with E-state index in [-0.39, 0.29) is 10.8 Å². The number of sulfonamides is 1. The third kappa shape index (κ3) is 5.32. The molecule has 2 aromatic carbocycles. The summed E-state index contributed by atoms with van der Waals surface area (Å²) in [5.74, 6) is -0.306. The zero-order valence-electron chi connectivity index (χ0n) is 17.1. The summed E-state index contributed by atoms with van der Waals surface area (Å²) in [4.78, 5) is 14.6. The molecule has 0 saturated carbocycles. The summed E-state index contributed by atoms with van der Waals surface area (Å²) in [5.41, 5.74) is 3.68. The zero-order valence-corrected chi connectivity index (χ0v) is 17.9. The number of rotatable bonds is 5. The van der Waals surface area contributed by atoms with Crippen LogP contribution in [0.5, 0.6) is 0 Å². The van der Waals surface area contributed by atoms with E-state index in [1.54, 1.807) is 24.3 Å². The second-order valence-electron chi connectivity index (χ2n) is 7.42. The number of carbonyl (C=O) groups is 1. The summed E-state index contributed by atoms with van der Waals surface area (Å²) in [6.07, 6.45) is 3.22. The third-order valence-electron chi connectivity index (χ3n) is 5.04. The van der Waals surface area contributed by atoms with Gasteiger partial charge in [0.1, 0.15) is 0 Å². The average molecular weight is 414 g/mol. The summed E-state index contributed by atoms with van der Waals surface area (Å²) < 4.78 is 27.3. The highest BCUT2D eigenvalue weighted by Crippen LogP contribution is 2.21. The smallest absolute Gasteiger partial charge is 0.248 e. The Kier molecular flexibility index (Phi) is 6.52. The largest absolute Gasteiger partial charge is 0.322 e.